The van der Waals surface area contributed by atoms with Crippen LogP contribution in [0.2, 0.25) is 0 Å². The van der Waals surface area contributed by atoms with Gasteiger partial charge in [0.15, 0.2) is 0 Å². The van der Waals surface area contributed by atoms with Crippen LogP contribution in [-0.4, -0.2) is 81.0 Å². The van der Waals surface area contributed by atoms with E-state index in [0.29, 0.717) is 62.0 Å². The van der Waals surface area contributed by atoms with Crippen molar-refractivity contribution in [3.05, 3.63) is 54.1 Å². The number of rotatable bonds is 7. The topological polar surface area (TPSA) is 100 Å². The molecular weight excluding hydrogens is 412 g/mol. The van der Waals surface area contributed by atoms with E-state index in [1.165, 1.54) is 0 Å². The number of amides is 3. The van der Waals surface area contributed by atoms with Crippen LogP contribution in [0.1, 0.15) is 10.4 Å². The second kappa shape index (κ2) is 11.1. The van der Waals surface area contributed by atoms with Crippen LogP contribution in [0.15, 0.2) is 48.5 Å². The molecule has 0 aromatic heterocycles. The lowest BCUT2D eigenvalue weighted by Crippen LogP contribution is -2.50. The third kappa shape index (κ3) is 6.21. The monoisotopic (exact) mass is 440 g/mol. The number of carbonyl (C=O) groups is 3. The average Bonchev–Trinajstić information content (AvgIpc) is 2.84. The van der Waals surface area contributed by atoms with Gasteiger partial charge in [0, 0.05) is 50.5 Å². The van der Waals surface area contributed by atoms with Crippen molar-refractivity contribution >= 4 is 23.4 Å². The molecule has 3 rings (SSSR count). The number of carbonyl (C=O) groups excluding carboxylic acids is 3. The quantitative estimate of drug-likeness (QED) is 0.628. The molecule has 1 aliphatic rings. The predicted octanol–water partition coefficient (Wildman–Crippen LogP) is 1.22. The summed E-state index contributed by atoms with van der Waals surface area (Å²) in [5, 5.41) is 5.18. The van der Waals surface area contributed by atoms with E-state index < -0.39 is 11.8 Å². The summed E-state index contributed by atoms with van der Waals surface area (Å²) in [4.78, 5) is 40.6. The van der Waals surface area contributed by atoms with Gasteiger partial charge in [0.05, 0.1) is 14.2 Å². The molecule has 2 aromatic carbocycles. The highest BCUT2D eigenvalue weighted by molar-refractivity contribution is 6.39. The third-order valence-electron chi connectivity index (χ3n) is 5.26. The summed E-state index contributed by atoms with van der Waals surface area (Å²) in [5.74, 6) is -0.0284. The Kier molecular flexibility index (Phi) is 8.04. The van der Waals surface area contributed by atoms with Crippen molar-refractivity contribution in [1.29, 1.82) is 0 Å². The molecule has 0 unspecified atom stereocenters. The van der Waals surface area contributed by atoms with E-state index in [4.69, 9.17) is 9.47 Å². The Morgan fingerprint density at radius 2 is 1.38 bits per heavy atom. The van der Waals surface area contributed by atoms with Crippen LogP contribution in [0, 0.1) is 0 Å². The van der Waals surface area contributed by atoms with Crippen LogP contribution in [0.5, 0.6) is 11.5 Å². The fourth-order valence-electron chi connectivity index (χ4n) is 3.36. The van der Waals surface area contributed by atoms with Gasteiger partial charge in [-0.25, -0.2) is 0 Å². The van der Waals surface area contributed by atoms with E-state index in [9.17, 15) is 14.4 Å². The van der Waals surface area contributed by atoms with Crippen molar-refractivity contribution in [3.63, 3.8) is 0 Å². The second-order valence-electron chi connectivity index (χ2n) is 7.30. The predicted molar refractivity (Wildman–Crippen MR) is 120 cm³/mol. The minimum Gasteiger partial charge on any atom is -0.497 e. The Bertz CT molecular complexity index is 922. The molecule has 9 nitrogen and oxygen atoms in total. The highest BCUT2D eigenvalue weighted by atomic mass is 16.5. The summed E-state index contributed by atoms with van der Waals surface area (Å²) >= 11 is 0. The van der Waals surface area contributed by atoms with Gasteiger partial charge >= 0.3 is 11.8 Å². The van der Waals surface area contributed by atoms with Crippen molar-refractivity contribution in [2.45, 2.75) is 0 Å². The van der Waals surface area contributed by atoms with Gasteiger partial charge in [-0.2, -0.15) is 0 Å². The van der Waals surface area contributed by atoms with E-state index in [-0.39, 0.29) is 5.91 Å². The number of hydrogen-bond donors (Lipinski definition) is 2. The SMILES string of the molecule is COc1ccc(NC(=O)C(=O)NCCN2CCN(C(=O)c3ccc(OC)cc3)CC2)cc1. The number of hydrogen-bond acceptors (Lipinski definition) is 6. The van der Waals surface area contributed by atoms with Gasteiger partial charge in [0.2, 0.25) is 0 Å². The first-order chi connectivity index (χ1) is 15.5. The van der Waals surface area contributed by atoms with E-state index in [1.54, 1.807) is 62.8 Å². The first-order valence-electron chi connectivity index (χ1n) is 10.4. The molecule has 1 fully saturated rings. The minimum atomic E-state index is -0.718. The summed E-state index contributed by atoms with van der Waals surface area (Å²) < 4.78 is 10.2. The zero-order valence-corrected chi connectivity index (χ0v) is 18.3. The van der Waals surface area contributed by atoms with Gasteiger partial charge in [-0.1, -0.05) is 0 Å². The zero-order valence-electron chi connectivity index (χ0n) is 18.3. The Balaban J connectivity index is 1.36. The molecule has 1 saturated heterocycles. The molecule has 0 saturated carbocycles. The Morgan fingerprint density at radius 1 is 0.812 bits per heavy atom. The zero-order chi connectivity index (χ0) is 22.9. The van der Waals surface area contributed by atoms with Crippen LogP contribution >= 0.6 is 0 Å². The highest BCUT2D eigenvalue weighted by Crippen LogP contribution is 2.15. The average molecular weight is 441 g/mol. The molecule has 0 bridgehead atoms. The molecule has 1 heterocycles. The van der Waals surface area contributed by atoms with Crippen molar-refractivity contribution in [1.82, 2.24) is 15.1 Å². The maximum atomic E-state index is 12.6. The summed E-state index contributed by atoms with van der Waals surface area (Å²) in [6.07, 6.45) is 0. The van der Waals surface area contributed by atoms with Crippen molar-refractivity contribution < 1.29 is 23.9 Å². The van der Waals surface area contributed by atoms with Gasteiger partial charge < -0.3 is 25.0 Å². The molecular formula is C23H28N4O5. The van der Waals surface area contributed by atoms with Gasteiger partial charge in [0.1, 0.15) is 11.5 Å². The number of nitrogens with zero attached hydrogens (tertiary/aromatic N) is 2. The first kappa shape index (κ1) is 23.1. The van der Waals surface area contributed by atoms with Crippen LogP contribution in [0.4, 0.5) is 5.69 Å². The summed E-state index contributed by atoms with van der Waals surface area (Å²) in [7, 11) is 3.14. The Hall–Kier alpha value is -3.59. The minimum absolute atomic E-state index is 0.00388. The number of anilines is 1. The van der Waals surface area contributed by atoms with Crippen molar-refractivity contribution in [2.75, 3.05) is 58.8 Å². The lowest BCUT2D eigenvalue weighted by Gasteiger charge is -2.34. The van der Waals surface area contributed by atoms with Crippen LogP contribution in [0.25, 0.3) is 0 Å². The van der Waals surface area contributed by atoms with Crippen LogP contribution in [0.3, 0.4) is 0 Å². The summed E-state index contributed by atoms with van der Waals surface area (Å²) in [6.45, 7) is 3.58. The lowest BCUT2D eigenvalue weighted by atomic mass is 10.1. The number of piperazine rings is 1. The van der Waals surface area contributed by atoms with Crippen molar-refractivity contribution in [2.24, 2.45) is 0 Å². The van der Waals surface area contributed by atoms with E-state index >= 15 is 0 Å². The van der Waals surface area contributed by atoms with Gasteiger partial charge in [-0.3, -0.25) is 19.3 Å². The summed E-state index contributed by atoms with van der Waals surface area (Å²) in [5.41, 5.74) is 1.15. The summed E-state index contributed by atoms with van der Waals surface area (Å²) in [6, 6.07) is 13.8. The molecule has 3 amide bonds. The maximum Gasteiger partial charge on any atom is 0.313 e. The number of ether oxygens (including phenoxy) is 2. The number of benzene rings is 2. The van der Waals surface area contributed by atoms with Crippen LogP contribution < -0.4 is 20.1 Å². The van der Waals surface area contributed by atoms with E-state index in [2.05, 4.69) is 15.5 Å². The van der Waals surface area contributed by atoms with Gasteiger partial charge in [0.25, 0.3) is 5.91 Å². The molecule has 170 valence electrons. The fraction of sp³-hybridized carbons (Fsp3) is 0.348. The number of methoxy groups -OCH3 is 2. The molecule has 2 N–H and O–H groups in total. The van der Waals surface area contributed by atoms with E-state index in [1.807, 2.05) is 4.90 Å². The smallest absolute Gasteiger partial charge is 0.313 e. The van der Waals surface area contributed by atoms with Crippen LogP contribution in [-0.2, 0) is 9.59 Å². The standard InChI is InChI=1S/C23H28N4O5/c1-31-19-7-3-17(4-8-19)23(30)27-15-13-26(14-16-27)12-11-24-21(28)22(29)25-18-5-9-20(32-2)10-6-18/h3-10H,11-16H2,1-2H3,(H,24,28)(H,25,29). The van der Waals surface area contributed by atoms with Gasteiger partial charge in [-0.05, 0) is 48.5 Å². The Morgan fingerprint density at radius 3 is 1.94 bits per heavy atom. The second-order valence-corrected chi connectivity index (χ2v) is 7.30. The Labute approximate surface area is 187 Å². The largest absolute Gasteiger partial charge is 0.497 e. The molecule has 0 spiro atoms. The molecule has 0 aliphatic carbocycles. The first-order valence-corrected chi connectivity index (χ1v) is 10.4. The van der Waals surface area contributed by atoms with Gasteiger partial charge in [-0.15, -0.1) is 0 Å². The third-order valence-corrected chi connectivity index (χ3v) is 5.26. The van der Waals surface area contributed by atoms with E-state index in [0.717, 1.165) is 0 Å². The number of nitrogens with one attached hydrogen (secondary N) is 2. The molecule has 2 aromatic rings. The normalized spacial score (nSPS) is 13.9. The molecule has 0 atom stereocenters. The molecule has 1 aliphatic heterocycles. The molecule has 9 heteroatoms. The molecule has 0 radical (unpaired) electrons. The molecule has 32 heavy (non-hydrogen) atoms. The van der Waals surface area contributed by atoms with Crippen molar-refractivity contribution in [3.8, 4) is 11.5 Å². The lowest BCUT2D eigenvalue weighted by molar-refractivity contribution is -0.136. The maximum absolute atomic E-state index is 12.6. The highest BCUT2D eigenvalue weighted by Gasteiger charge is 2.22. The fourth-order valence-corrected chi connectivity index (χ4v) is 3.36.